The van der Waals surface area contributed by atoms with E-state index in [9.17, 15) is 0 Å². The van der Waals surface area contributed by atoms with E-state index < -0.39 is 0 Å². The second-order valence-corrected chi connectivity index (χ2v) is 7.03. The largest absolute Gasteiger partial charge is 0.310 e. The normalized spacial score (nSPS) is 12.6. The molecular formula is C18H25NS. The molecule has 1 heterocycles. The first-order valence-electron chi connectivity index (χ1n) is 7.46. The van der Waals surface area contributed by atoms with Crippen LogP contribution in [0.15, 0.2) is 30.3 Å². The highest BCUT2D eigenvalue weighted by molar-refractivity contribution is 7.12. The fourth-order valence-corrected chi connectivity index (χ4v) is 3.67. The zero-order valence-corrected chi connectivity index (χ0v) is 13.8. The van der Waals surface area contributed by atoms with Gasteiger partial charge < -0.3 is 5.32 Å². The van der Waals surface area contributed by atoms with E-state index >= 15 is 0 Å². The molecule has 2 aromatic rings. The van der Waals surface area contributed by atoms with Gasteiger partial charge in [-0.2, -0.15) is 0 Å². The Morgan fingerprint density at radius 3 is 2.55 bits per heavy atom. The van der Waals surface area contributed by atoms with E-state index in [0.717, 1.165) is 13.0 Å². The minimum atomic E-state index is 0.432. The number of hydrogen-bond donors (Lipinski definition) is 1. The van der Waals surface area contributed by atoms with Gasteiger partial charge in [0.2, 0.25) is 0 Å². The van der Waals surface area contributed by atoms with Crippen LogP contribution in [0.1, 0.15) is 45.8 Å². The third-order valence-corrected chi connectivity index (χ3v) is 4.60. The molecule has 0 radical (unpaired) electrons. The topological polar surface area (TPSA) is 12.0 Å². The first-order valence-corrected chi connectivity index (χ1v) is 8.27. The number of rotatable bonds is 6. The van der Waals surface area contributed by atoms with Gasteiger partial charge in [-0.05, 0) is 57.4 Å². The molecule has 2 heteroatoms. The van der Waals surface area contributed by atoms with Crippen LogP contribution >= 0.6 is 11.3 Å². The number of hydrogen-bond acceptors (Lipinski definition) is 2. The highest BCUT2D eigenvalue weighted by Gasteiger charge is 2.16. The molecular weight excluding hydrogens is 262 g/mol. The fraction of sp³-hybridized carbons (Fsp3) is 0.444. The summed E-state index contributed by atoms with van der Waals surface area (Å²) in [5.74, 6) is 0. The lowest BCUT2D eigenvalue weighted by molar-refractivity contribution is 0.528. The quantitative estimate of drug-likeness (QED) is 0.792. The predicted molar refractivity (Wildman–Crippen MR) is 89.7 cm³/mol. The van der Waals surface area contributed by atoms with Crippen LogP contribution in [0.25, 0.3) is 0 Å². The summed E-state index contributed by atoms with van der Waals surface area (Å²) in [6, 6.07) is 11.6. The molecule has 1 aromatic heterocycles. The van der Waals surface area contributed by atoms with Gasteiger partial charge >= 0.3 is 0 Å². The predicted octanol–water partition coefficient (Wildman–Crippen LogP) is 4.96. The lowest BCUT2D eigenvalue weighted by Gasteiger charge is -2.19. The van der Waals surface area contributed by atoms with E-state index in [1.54, 1.807) is 0 Å². The first-order chi connectivity index (χ1) is 9.60. The summed E-state index contributed by atoms with van der Waals surface area (Å²) in [4.78, 5) is 2.86. The zero-order chi connectivity index (χ0) is 14.5. The Balaban J connectivity index is 2.21. The molecule has 108 valence electrons. The maximum atomic E-state index is 3.71. The van der Waals surface area contributed by atoms with Crippen LogP contribution in [-0.4, -0.2) is 6.54 Å². The lowest BCUT2D eigenvalue weighted by Crippen LogP contribution is -2.24. The summed E-state index contributed by atoms with van der Waals surface area (Å²) >= 11 is 1.90. The van der Waals surface area contributed by atoms with Crippen LogP contribution in [0.3, 0.4) is 0 Å². The Kier molecular flexibility index (Phi) is 5.38. The second-order valence-electron chi connectivity index (χ2n) is 5.57. The Bertz CT molecular complexity index is 556. The first kappa shape index (κ1) is 15.3. The zero-order valence-electron chi connectivity index (χ0n) is 13.0. The average Bonchev–Trinajstić information content (AvgIpc) is 2.73. The highest BCUT2D eigenvalue weighted by Crippen LogP contribution is 2.28. The van der Waals surface area contributed by atoms with Gasteiger partial charge in [-0.25, -0.2) is 0 Å². The Morgan fingerprint density at radius 2 is 1.95 bits per heavy atom. The molecule has 0 spiro atoms. The average molecular weight is 287 g/mol. The molecule has 0 fully saturated rings. The van der Waals surface area contributed by atoms with Crippen molar-refractivity contribution in [1.29, 1.82) is 0 Å². The van der Waals surface area contributed by atoms with E-state index in [2.05, 4.69) is 63.3 Å². The van der Waals surface area contributed by atoms with Crippen molar-refractivity contribution in [2.75, 3.05) is 6.54 Å². The monoisotopic (exact) mass is 287 g/mol. The van der Waals surface area contributed by atoms with Gasteiger partial charge in [0.25, 0.3) is 0 Å². The number of aryl methyl sites for hydroxylation is 3. The van der Waals surface area contributed by atoms with Crippen LogP contribution in [0.4, 0.5) is 0 Å². The van der Waals surface area contributed by atoms with Gasteiger partial charge in [-0.3, -0.25) is 0 Å². The molecule has 0 aliphatic carbocycles. The van der Waals surface area contributed by atoms with E-state index in [4.69, 9.17) is 0 Å². The van der Waals surface area contributed by atoms with E-state index in [-0.39, 0.29) is 0 Å². The Labute approximate surface area is 127 Å². The van der Waals surface area contributed by atoms with Crippen molar-refractivity contribution in [3.05, 3.63) is 56.8 Å². The van der Waals surface area contributed by atoms with Crippen LogP contribution < -0.4 is 5.32 Å². The molecule has 1 N–H and O–H groups in total. The summed E-state index contributed by atoms with van der Waals surface area (Å²) in [5, 5.41) is 3.71. The molecule has 0 aliphatic heterocycles. The third-order valence-electron chi connectivity index (χ3n) is 3.62. The Hall–Kier alpha value is -1.12. The maximum absolute atomic E-state index is 3.71. The summed E-state index contributed by atoms with van der Waals surface area (Å²) in [5.41, 5.74) is 4.24. The molecule has 1 nitrogen and oxygen atoms in total. The smallest absolute Gasteiger partial charge is 0.0371 e. The van der Waals surface area contributed by atoms with Crippen LogP contribution in [0.5, 0.6) is 0 Å². The van der Waals surface area contributed by atoms with Crippen molar-refractivity contribution in [2.45, 2.75) is 46.6 Å². The van der Waals surface area contributed by atoms with E-state index in [0.29, 0.717) is 6.04 Å². The third kappa shape index (κ3) is 3.94. The van der Waals surface area contributed by atoms with Crippen LogP contribution in [0.2, 0.25) is 0 Å². The van der Waals surface area contributed by atoms with Gasteiger partial charge in [-0.1, -0.05) is 36.8 Å². The highest BCUT2D eigenvalue weighted by atomic mass is 32.1. The SMILES string of the molecule is CCCNC(Cc1cccc(C)c1)c1cc(C)sc1C. The van der Waals surface area contributed by atoms with Gasteiger partial charge in [0.1, 0.15) is 0 Å². The number of nitrogens with one attached hydrogen (secondary N) is 1. The fourth-order valence-electron chi connectivity index (χ4n) is 2.68. The molecule has 0 amide bonds. The van der Waals surface area contributed by atoms with Crippen molar-refractivity contribution in [1.82, 2.24) is 5.32 Å². The summed E-state index contributed by atoms with van der Waals surface area (Å²) in [6.07, 6.45) is 2.24. The minimum Gasteiger partial charge on any atom is -0.310 e. The van der Waals surface area contributed by atoms with E-state index in [1.165, 1.54) is 32.9 Å². The molecule has 0 saturated carbocycles. The number of thiophene rings is 1. The van der Waals surface area contributed by atoms with Gasteiger partial charge in [-0.15, -0.1) is 11.3 Å². The maximum Gasteiger partial charge on any atom is 0.0371 e. The van der Waals surface area contributed by atoms with Gasteiger partial charge in [0.15, 0.2) is 0 Å². The van der Waals surface area contributed by atoms with Crippen LogP contribution in [0, 0.1) is 20.8 Å². The van der Waals surface area contributed by atoms with Crippen molar-refractivity contribution in [2.24, 2.45) is 0 Å². The van der Waals surface area contributed by atoms with Crippen molar-refractivity contribution in [3.63, 3.8) is 0 Å². The second kappa shape index (κ2) is 7.05. The molecule has 1 aromatic carbocycles. The molecule has 2 rings (SSSR count). The molecule has 20 heavy (non-hydrogen) atoms. The minimum absolute atomic E-state index is 0.432. The summed E-state index contributed by atoms with van der Waals surface area (Å²) in [6.45, 7) is 9.90. The van der Waals surface area contributed by atoms with Crippen molar-refractivity contribution in [3.8, 4) is 0 Å². The van der Waals surface area contributed by atoms with E-state index in [1.807, 2.05) is 11.3 Å². The summed E-state index contributed by atoms with van der Waals surface area (Å²) < 4.78 is 0. The molecule has 0 bridgehead atoms. The Morgan fingerprint density at radius 1 is 1.15 bits per heavy atom. The van der Waals surface area contributed by atoms with Gasteiger partial charge in [0, 0.05) is 15.8 Å². The standard InChI is InChI=1S/C18H25NS/c1-5-9-19-18(17-11-14(3)20-15(17)4)12-16-8-6-7-13(2)10-16/h6-8,10-11,18-19H,5,9,12H2,1-4H3. The molecule has 0 saturated heterocycles. The molecule has 1 atom stereocenters. The number of benzene rings is 1. The van der Waals surface area contributed by atoms with Crippen LogP contribution in [-0.2, 0) is 6.42 Å². The summed E-state index contributed by atoms with van der Waals surface area (Å²) in [7, 11) is 0. The lowest BCUT2D eigenvalue weighted by atomic mass is 9.98. The van der Waals surface area contributed by atoms with Crippen molar-refractivity contribution < 1.29 is 0 Å². The van der Waals surface area contributed by atoms with Crippen molar-refractivity contribution >= 4 is 11.3 Å². The molecule has 0 aliphatic rings. The molecule has 1 unspecified atom stereocenters. The van der Waals surface area contributed by atoms with Gasteiger partial charge in [0.05, 0.1) is 0 Å².